The van der Waals surface area contributed by atoms with Gasteiger partial charge in [0.25, 0.3) is 0 Å². The van der Waals surface area contributed by atoms with E-state index in [2.05, 4.69) is 20.9 Å². The molecule has 0 radical (unpaired) electrons. The number of nitrogens with one attached hydrogen (secondary N) is 3. The third kappa shape index (κ3) is 6.80. The molecule has 0 spiro atoms. The summed E-state index contributed by atoms with van der Waals surface area (Å²) in [7, 11) is 0. The van der Waals surface area contributed by atoms with E-state index in [1.54, 1.807) is 0 Å². The van der Waals surface area contributed by atoms with Gasteiger partial charge in [0.15, 0.2) is 5.96 Å². The summed E-state index contributed by atoms with van der Waals surface area (Å²) in [4.78, 5) is 16.5. The average molecular weight is 425 g/mol. The van der Waals surface area contributed by atoms with Crippen LogP contribution in [-0.2, 0) is 9.53 Å². The van der Waals surface area contributed by atoms with Crippen LogP contribution in [0.5, 0.6) is 0 Å². The van der Waals surface area contributed by atoms with E-state index in [0.29, 0.717) is 25.5 Å². The molecule has 1 heterocycles. The molecule has 2 aromatic rings. The Morgan fingerprint density at radius 3 is 2.71 bits per heavy atom. The lowest BCUT2D eigenvalue weighted by Gasteiger charge is -2.26. The van der Waals surface area contributed by atoms with Crippen molar-refractivity contribution in [2.45, 2.75) is 38.4 Å². The van der Waals surface area contributed by atoms with Crippen LogP contribution in [0.25, 0.3) is 0 Å². The van der Waals surface area contributed by atoms with E-state index in [-0.39, 0.29) is 31.1 Å². The molecule has 3 unspecified atom stereocenters. The summed E-state index contributed by atoms with van der Waals surface area (Å²) in [6, 6.07) is 17.8. The molecule has 2 aromatic carbocycles. The highest BCUT2D eigenvalue weighted by molar-refractivity contribution is 5.94. The molecular formula is C24H32N4O3. The smallest absolute Gasteiger partial charge is 0.225 e. The molecule has 4 N–H and O–H groups in total. The number of hydrogen-bond donors (Lipinski definition) is 4. The molecule has 166 valence electrons. The van der Waals surface area contributed by atoms with Crippen LogP contribution in [0.1, 0.15) is 43.4 Å². The summed E-state index contributed by atoms with van der Waals surface area (Å²) >= 11 is 0. The predicted molar refractivity (Wildman–Crippen MR) is 123 cm³/mol. The summed E-state index contributed by atoms with van der Waals surface area (Å²) in [5, 5.41) is 19.7. The number of carbonyl (C=O) groups is 1. The van der Waals surface area contributed by atoms with Gasteiger partial charge in [-0.15, -0.1) is 0 Å². The van der Waals surface area contributed by atoms with Gasteiger partial charge in [-0.1, -0.05) is 48.5 Å². The Bertz CT molecular complexity index is 872. The lowest BCUT2D eigenvalue weighted by Crippen LogP contribution is -2.41. The Labute approximate surface area is 183 Å². The topological polar surface area (TPSA) is 95.0 Å². The monoisotopic (exact) mass is 424 g/mol. The SMILES string of the molecule is CCNC(=NCC(O)COC(C)c1ccccc1)NCC1CC(=O)Nc2ccccc21. The predicted octanol–water partition coefficient (Wildman–Crippen LogP) is 2.81. The van der Waals surface area contributed by atoms with E-state index in [1.807, 2.05) is 68.4 Å². The number of rotatable bonds is 9. The molecule has 3 rings (SSSR count). The van der Waals surface area contributed by atoms with Crippen LogP contribution >= 0.6 is 0 Å². The first-order valence-corrected chi connectivity index (χ1v) is 10.8. The van der Waals surface area contributed by atoms with Gasteiger partial charge in [-0.2, -0.15) is 0 Å². The zero-order valence-corrected chi connectivity index (χ0v) is 18.2. The van der Waals surface area contributed by atoms with Gasteiger partial charge >= 0.3 is 0 Å². The number of benzene rings is 2. The molecule has 1 aliphatic rings. The maximum atomic E-state index is 12.0. The molecule has 0 saturated heterocycles. The number of para-hydroxylation sites is 1. The van der Waals surface area contributed by atoms with Crippen molar-refractivity contribution in [2.24, 2.45) is 4.99 Å². The average Bonchev–Trinajstić information content (AvgIpc) is 2.79. The van der Waals surface area contributed by atoms with Gasteiger partial charge in [-0.25, -0.2) is 0 Å². The second-order valence-corrected chi connectivity index (χ2v) is 7.68. The molecule has 0 bridgehead atoms. The summed E-state index contributed by atoms with van der Waals surface area (Å²) in [5.74, 6) is 0.697. The molecule has 0 fully saturated rings. The summed E-state index contributed by atoms with van der Waals surface area (Å²) in [6.45, 7) is 5.66. The van der Waals surface area contributed by atoms with Crippen molar-refractivity contribution in [1.29, 1.82) is 0 Å². The third-order valence-electron chi connectivity index (χ3n) is 5.23. The van der Waals surface area contributed by atoms with Gasteiger partial charge in [0.2, 0.25) is 5.91 Å². The zero-order valence-electron chi connectivity index (χ0n) is 18.2. The first-order chi connectivity index (χ1) is 15.1. The lowest BCUT2D eigenvalue weighted by molar-refractivity contribution is -0.116. The van der Waals surface area contributed by atoms with Gasteiger partial charge in [-0.3, -0.25) is 9.79 Å². The molecule has 7 heteroatoms. The standard InChI is InChI=1S/C24H32N4O3/c1-3-25-24(26-14-19-13-23(30)28-22-12-8-7-11-21(19)22)27-15-20(29)16-31-17(2)18-9-5-4-6-10-18/h4-12,17,19-20,29H,3,13-16H2,1-2H3,(H,28,30)(H2,25,26,27). The van der Waals surface area contributed by atoms with Crippen LogP contribution in [0.4, 0.5) is 5.69 Å². The second kappa shape index (κ2) is 11.5. The maximum Gasteiger partial charge on any atom is 0.225 e. The quantitative estimate of drug-likeness (QED) is 0.367. The van der Waals surface area contributed by atoms with E-state index >= 15 is 0 Å². The largest absolute Gasteiger partial charge is 0.389 e. The van der Waals surface area contributed by atoms with Crippen LogP contribution < -0.4 is 16.0 Å². The Balaban J connectivity index is 1.51. The molecule has 1 aliphatic heterocycles. The molecule has 7 nitrogen and oxygen atoms in total. The van der Waals surface area contributed by atoms with E-state index in [9.17, 15) is 9.90 Å². The molecule has 0 aliphatic carbocycles. The van der Waals surface area contributed by atoms with E-state index in [1.165, 1.54) is 0 Å². The van der Waals surface area contributed by atoms with E-state index < -0.39 is 6.10 Å². The van der Waals surface area contributed by atoms with Crippen molar-refractivity contribution < 1.29 is 14.6 Å². The van der Waals surface area contributed by atoms with Crippen LogP contribution in [-0.4, -0.2) is 49.3 Å². The number of ether oxygens (including phenoxy) is 1. The highest BCUT2D eigenvalue weighted by atomic mass is 16.5. The minimum atomic E-state index is -0.706. The molecule has 31 heavy (non-hydrogen) atoms. The van der Waals surface area contributed by atoms with E-state index in [0.717, 1.165) is 16.8 Å². The fourth-order valence-electron chi connectivity index (χ4n) is 3.57. The first kappa shape index (κ1) is 22.8. The normalized spacial score (nSPS) is 18.0. The van der Waals surface area contributed by atoms with Gasteiger partial charge < -0.3 is 25.8 Å². The number of anilines is 1. The van der Waals surface area contributed by atoms with Gasteiger partial charge in [0.1, 0.15) is 0 Å². The molecular weight excluding hydrogens is 392 g/mol. The van der Waals surface area contributed by atoms with E-state index in [4.69, 9.17) is 4.74 Å². The minimum Gasteiger partial charge on any atom is -0.389 e. The van der Waals surface area contributed by atoms with Crippen molar-refractivity contribution >= 4 is 17.6 Å². The Morgan fingerprint density at radius 2 is 1.94 bits per heavy atom. The van der Waals surface area contributed by atoms with Crippen LogP contribution in [0.3, 0.4) is 0 Å². The van der Waals surface area contributed by atoms with Crippen LogP contribution in [0.15, 0.2) is 59.6 Å². The number of aliphatic hydroxyl groups is 1. The Morgan fingerprint density at radius 1 is 1.19 bits per heavy atom. The number of guanidine groups is 1. The second-order valence-electron chi connectivity index (χ2n) is 7.68. The van der Waals surface area contributed by atoms with Crippen LogP contribution in [0, 0.1) is 0 Å². The highest BCUT2D eigenvalue weighted by Gasteiger charge is 2.24. The van der Waals surface area contributed by atoms with Crippen molar-refractivity contribution in [3.8, 4) is 0 Å². The van der Waals surface area contributed by atoms with Gasteiger partial charge in [0.05, 0.1) is 25.4 Å². The highest BCUT2D eigenvalue weighted by Crippen LogP contribution is 2.31. The van der Waals surface area contributed by atoms with Crippen LogP contribution in [0.2, 0.25) is 0 Å². The fourth-order valence-corrected chi connectivity index (χ4v) is 3.57. The summed E-state index contributed by atoms with van der Waals surface area (Å²) in [5.41, 5.74) is 3.06. The van der Waals surface area contributed by atoms with Gasteiger partial charge in [0, 0.05) is 31.1 Å². The zero-order chi connectivity index (χ0) is 22.1. The molecule has 1 amide bonds. The summed E-state index contributed by atoms with van der Waals surface area (Å²) in [6.07, 6.45) is -0.372. The number of nitrogens with zero attached hydrogens (tertiary/aromatic N) is 1. The Hall–Kier alpha value is -2.90. The minimum absolute atomic E-state index is 0.0209. The number of carbonyl (C=O) groups excluding carboxylic acids is 1. The van der Waals surface area contributed by atoms with Crippen molar-refractivity contribution in [3.05, 3.63) is 65.7 Å². The third-order valence-corrected chi connectivity index (χ3v) is 5.23. The first-order valence-electron chi connectivity index (χ1n) is 10.8. The number of fused-ring (bicyclic) bond motifs is 1. The maximum absolute atomic E-state index is 12.0. The summed E-state index contributed by atoms with van der Waals surface area (Å²) < 4.78 is 5.78. The van der Waals surface area contributed by atoms with Crippen molar-refractivity contribution in [2.75, 3.05) is 31.6 Å². The Kier molecular flexibility index (Phi) is 8.44. The number of aliphatic imine (C=N–C) groups is 1. The molecule has 0 aromatic heterocycles. The molecule has 0 saturated carbocycles. The van der Waals surface area contributed by atoms with Crippen molar-refractivity contribution in [1.82, 2.24) is 10.6 Å². The number of aliphatic hydroxyl groups excluding tert-OH is 1. The number of amides is 1. The van der Waals surface area contributed by atoms with Gasteiger partial charge in [-0.05, 0) is 31.0 Å². The van der Waals surface area contributed by atoms with Crippen molar-refractivity contribution in [3.63, 3.8) is 0 Å². The fraction of sp³-hybridized carbons (Fsp3) is 0.417. The lowest BCUT2D eigenvalue weighted by atomic mass is 9.90. The number of hydrogen-bond acceptors (Lipinski definition) is 4. The molecule has 3 atom stereocenters.